The summed E-state index contributed by atoms with van der Waals surface area (Å²) in [5, 5.41) is 0. The Morgan fingerprint density at radius 1 is 0.446 bits per heavy atom. The second kappa shape index (κ2) is 19.7. The minimum atomic E-state index is -0.894. The summed E-state index contributed by atoms with van der Waals surface area (Å²) in [5.41, 5.74) is 5.22. The standard InChI is InChI=1S/C47H50O9/c1-6-16-34(17-7-1)27-48-32-40-44(51-29-36-20-10-3-11-21-36)45(52-30-37-22-12-4-13-23-37)46(53-31-38-24-14-5-15-25-38)47(55-40)56-43-39(26-42-50-33-41(43)54-42)49-28-35-18-8-2-9-19-35/h1-25,39-47H,26-33H2/t39-,40-,41-,42-,43+,44-,45+,46-,47-/m1/s1. The van der Waals surface area contributed by atoms with Gasteiger partial charge in [0.15, 0.2) is 12.6 Å². The molecule has 8 rings (SSSR count). The molecule has 9 atom stereocenters. The van der Waals surface area contributed by atoms with Gasteiger partial charge in [0, 0.05) is 6.42 Å². The Balaban J connectivity index is 1.11. The molecule has 56 heavy (non-hydrogen) atoms. The molecule has 5 aromatic rings. The first-order chi connectivity index (χ1) is 27.7. The van der Waals surface area contributed by atoms with Crippen molar-refractivity contribution in [1.82, 2.24) is 0 Å². The lowest BCUT2D eigenvalue weighted by Crippen LogP contribution is -2.63. The van der Waals surface area contributed by atoms with Crippen molar-refractivity contribution in [3.63, 3.8) is 0 Å². The number of ether oxygens (including phenoxy) is 9. The van der Waals surface area contributed by atoms with Crippen LogP contribution in [0.1, 0.15) is 34.2 Å². The third-order valence-electron chi connectivity index (χ3n) is 10.4. The molecule has 0 unspecified atom stereocenters. The van der Waals surface area contributed by atoms with Crippen molar-refractivity contribution in [1.29, 1.82) is 0 Å². The van der Waals surface area contributed by atoms with Crippen LogP contribution in [0.5, 0.6) is 0 Å². The molecule has 0 spiro atoms. The van der Waals surface area contributed by atoms with E-state index in [0.717, 1.165) is 27.8 Å². The molecule has 3 aliphatic heterocycles. The summed E-state index contributed by atoms with van der Waals surface area (Å²) in [4.78, 5) is 0. The van der Waals surface area contributed by atoms with Gasteiger partial charge in [0.25, 0.3) is 0 Å². The Morgan fingerprint density at radius 2 is 0.893 bits per heavy atom. The summed E-state index contributed by atoms with van der Waals surface area (Å²) >= 11 is 0. The summed E-state index contributed by atoms with van der Waals surface area (Å²) in [6.45, 7) is 2.45. The Hall–Kier alpha value is -4.26. The van der Waals surface area contributed by atoms with Crippen molar-refractivity contribution in [2.45, 2.75) is 94.8 Å². The zero-order valence-electron chi connectivity index (χ0n) is 31.5. The highest BCUT2D eigenvalue weighted by Crippen LogP contribution is 2.37. The molecule has 3 saturated heterocycles. The van der Waals surface area contributed by atoms with Crippen LogP contribution in [0.3, 0.4) is 0 Å². The normalized spacial score (nSPS) is 27.2. The molecule has 292 valence electrons. The van der Waals surface area contributed by atoms with Crippen LogP contribution in [0, 0.1) is 0 Å². The van der Waals surface area contributed by atoms with Crippen LogP contribution < -0.4 is 0 Å². The van der Waals surface area contributed by atoms with Crippen LogP contribution in [0.25, 0.3) is 0 Å². The molecule has 2 bridgehead atoms. The van der Waals surface area contributed by atoms with Gasteiger partial charge in [0.1, 0.15) is 36.6 Å². The van der Waals surface area contributed by atoms with Gasteiger partial charge in [0.05, 0.1) is 52.4 Å². The van der Waals surface area contributed by atoms with Crippen LogP contribution >= 0.6 is 0 Å². The first kappa shape index (κ1) is 38.6. The maximum Gasteiger partial charge on any atom is 0.187 e. The highest BCUT2D eigenvalue weighted by molar-refractivity contribution is 5.17. The first-order valence-electron chi connectivity index (χ1n) is 19.6. The topological polar surface area (TPSA) is 83.1 Å². The smallest absolute Gasteiger partial charge is 0.187 e. The number of hydrogen-bond donors (Lipinski definition) is 0. The number of fused-ring (bicyclic) bond motifs is 2. The summed E-state index contributed by atoms with van der Waals surface area (Å²) in [5.74, 6) is 0. The van der Waals surface area contributed by atoms with Crippen molar-refractivity contribution in [2.75, 3.05) is 13.2 Å². The Kier molecular flexibility index (Phi) is 13.6. The van der Waals surface area contributed by atoms with Gasteiger partial charge in [-0.25, -0.2) is 0 Å². The quantitative estimate of drug-likeness (QED) is 0.0890. The van der Waals surface area contributed by atoms with Crippen LogP contribution in [0.4, 0.5) is 0 Å². The van der Waals surface area contributed by atoms with E-state index in [2.05, 4.69) is 36.4 Å². The van der Waals surface area contributed by atoms with E-state index in [1.807, 2.05) is 115 Å². The molecule has 3 fully saturated rings. The first-order valence-corrected chi connectivity index (χ1v) is 19.6. The van der Waals surface area contributed by atoms with Gasteiger partial charge < -0.3 is 42.6 Å². The summed E-state index contributed by atoms with van der Waals surface area (Å²) in [6.07, 6.45) is -4.38. The third kappa shape index (κ3) is 10.4. The molecule has 5 aromatic carbocycles. The van der Waals surface area contributed by atoms with Gasteiger partial charge in [-0.05, 0) is 27.8 Å². The number of hydrogen-bond acceptors (Lipinski definition) is 9. The van der Waals surface area contributed by atoms with Crippen LogP contribution in [0.2, 0.25) is 0 Å². The van der Waals surface area contributed by atoms with Crippen molar-refractivity contribution in [3.05, 3.63) is 179 Å². The highest BCUT2D eigenvalue weighted by Gasteiger charge is 2.53. The SMILES string of the molecule is c1ccc(COC[C@H]2O[C@H](O[C@H]3[C@H](OCc4ccccc4)C[C@@H]4OC[C@H]3O4)[C@H](OCc3ccccc3)[C@@H](OCc3ccccc3)[C@@H]2OCc2ccccc2)cc1. The highest BCUT2D eigenvalue weighted by atomic mass is 16.8. The summed E-state index contributed by atoms with van der Waals surface area (Å²) in [6, 6.07) is 50.6. The van der Waals surface area contributed by atoms with E-state index in [1.54, 1.807) is 0 Å². The maximum absolute atomic E-state index is 7.08. The number of rotatable bonds is 18. The molecular formula is C47H50O9. The second-order valence-electron chi connectivity index (χ2n) is 14.4. The predicted molar refractivity (Wildman–Crippen MR) is 209 cm³/mol. The van der Waals surface area contributed by atoms with Crippen molar-refractivity contribution in [3.8, 4) is 0 Å². The summed E-state index contributed by atoms with van der Waals surface area (Å²) < 4.78 is 60.0. The molecule has 0 aromatic heterocycles. The van der Waals surface area contributed by atoms with Gasteiger partial charge >= 0.3 is 0 Å². The average molecular weight is 759 g/mol. The fourth-order valence-electron chi connectivity index (χ4n) is 7.46. The van der Waals surface area contributed by atoms with Crippen molar-refractivity contribution in [2.24, 2.45) is 0 Å². The van der Waals surface area contributed by atoms with E-state index in [-0.39, 0.29) is 25.1 Å². The zero-order valence-corrected chi connectivity index (χ0v) is 31.5. The number of benzene rings is 5. The fraction of sp³-hybridized carbons (Fsp3) is 0.362. The van der Waals surface area contributed by atoms with Gasteiger partial charge in [-0.3, -0.25) is 0 Å². The average Bonchev–Trinajstić information content (AvgIpc) is 3.66. The van der Waals surface area contributed by atoms with Crippen molar-refractivity contribution < 1.29 is 42.6 Å². The molecule has 0 amide bonds. The molecule has 0 aliphatic carbocycles. The molecule has 9 heteroatoms. The molecule has 0 N–H and O–H groups in total. The van der Waals surface area contributed by atoms with Gasteiger partial charge in [-0.1, -0.05) is 152 Å². The van der Waals surface area contributed by atoms with Gasteiger partial charge in [-0.15, -0.1) is 0 Å². The Morgan fingerprint density at radius 3 is 1.41 bits per heavy atom. The van der Waals surface area contributed by atoms with E-state index < -0.39 is 36.8 Å². The molecule has 3 heterocycles. The Labute approximate surface area is 329 Å². The zero-order chi connectivity index (χ0) is 37.8. The lowest BCUT2D eigenvalue weighted by atomic mass is 9.97. The predicted octanol–water partition coefficient (Wildman–Crippen LogP) is 7.80. The minimum Gasteiger partial charge on any atom is -0.374 e. The largest absolute Gasteiger partial charge is 0.374 e. The van der Waals surface area contributed by atoms with E-state index in [1.165, 1.54) is 0 Å². The minimum absolute atomic E-state index is 0.231. The monoisotopic (exact) mass is 758 g/mol. The lowest BCUT2D eigenvalue weighted by molar-refractivity contribution is -0.351. The van der Waals surface area contributed by atoms with E-state index in [9.17, 15) is 0 Å². The van der Waals surface area contributed by atoms with Crippen LogP contribution in [0.15, 0.2) is 152 Å². The third-order valence-corrected chi connectivity index (χ3v) is 10.4. The van der Waals surface area contributed by atoms with E-state index >= 15 is 0 Å². The van der Waals surface area contributed by atoms with Crippen molar-refractivity contribution >= 4 is 0 Å². The van der Waals surface area contributed by atoms with Gasteiger partial charge in [0.2, 0.25) is 0 Å². The maximum atomic E-state index is 7.08. The fourth-order valence-corrected chi connectivity index (χ4v) is 7.46. The second-order valence-corrected chi connectivity index (χ2v) is 14.4. The molecule has 3 aliphatic rings. The van der Waals surface area contributed by atoms with E-state index in [4.69, 9.17) is 42.6 Å². The van der Waals surface area contributed by atoms with Crippen LogP contribution in [-0.2, 0) is 75.7 Å². The molecule has 0 saturated carbocycles. The lowest BCUT2D eigenvalue weighted by Gasteiger charge is -2.47. The Bertz CT molecular complexity index is 1850. The summed E-state index contributed by atoms with van der Waals surface area (Å²) in [7, 11) is 0. The van der Waals surface area contributed by atoms with Crippen LogP contribution in [-0.4, -0.2) is 68.5 Å². The molecule has 0 radical (unpaired) electrons. The molecular weight excluding hydrogens is 709 g/mol. The van der Waals surface area contributed by atoms with E-state index in [0.29, 0.717) is 46.1 Å². The van der Waals surface area contributed by atoms with Gasteiger partial charge in [-0.2, -0.15) is 0 Å². The molecule has 9 nitrogen and oxygen atoms in total.